The summed E-state index contributed by atoms with van der Waals surface area (Å²) >= 11 is 2.11. The van der Waals surface area contributed by atoms with Crippen molar-refractivity contribution >= 4 is 46.0 Å². The van der Waals surface area contributed by atoms with Crippen LogP contribution in [0.25, 0.3) is 0 Å². The van der Waals surface area contributed by atoms with Gasteiger partial charge in [0, 0.05) is 16.4 Å². The van der Waals surface area contributed by atoms with Gasteiger partial charge in [0.25, 0.3) is 0 Å². The van der Waals surface area contributed by atoms with Crippen LogP contribution in [0.4, 0.5) is 5.69 Å². The Hall–Kier alpha value is -1.44. The summed E-state index contributed by atoms with van der Waals surface area (Å²) in [6, 6.07) is 6.55. The van der Waals surface area contributed by atoms with Crippen molar-refractivity contribution in [3.8, 4) is 0 Å². The van der Waals surface area contributed by atoms with Gasteiger partial charge in [-0.2, -0.15) is 0 Å². The largest absolute Gasteiger partial charge is 0.323 e. The van der Waals surface area contributed by atoms with Crippen LogP contribution in [0.15, 0.2) is 24.3 Å². The van der Waals surface area contributed by atoms with Crippen LogP contribution in [0.1, 0.15) is 19.8 Å². The van der Waals surface area contributed by atoms with E-state index in [1.165, 1.54) is 0 Å². The molecule has 0 saturated carbocycles. The molecule has 0 aliphatic carbocycles. The van der Waals surface area contributed by atoms with Gasteiger partial charge in [-0.15, -0.1) is 0 Å². The van der Waals surface area contributed by atoms with Crippen LogP contribution in [0.3, 0.4) is 0 Å². The van der Waals surface area contributed by atoms with E-state index in [1.807, 2.05) is 18.2 Å². The van der Waals surface area contributed by atoms with Gasteiger partial charge in [-0.05, 0) is 41.6 Å². The number of hydrogen-bond acceptors (Lipinski definition) is 3. The molecule has 0 unspecified atom stereocenters. The summed E-state index contributed by atoms with van der Waals surface area (Å²) in [5, 5.41) is 2.74. The van der Waals surface area contributed by atoms with Gasteiger partial charge in [0.05, 0.1) is 5.69 Å². The minimum atomic E-state index is -0.779. The summed E-state index contributed by atoms with van der Waals surface area (Å²) in [7, 11) is 0. The highest BCUT2D eigenvalue weighted by molar-refractivity contribution is 14.1. The van der Waals surface area contributed by atoms with Crippen molar-refractivity contribution in [3.63, 3.8) is 0 Å². The average Bonchev–Trinajstić information content (AvgIpc) is 2.71. The summed E-state index contributed by atoms with van der Waals surface area (Å²) in [4.78, 5) is 36.3. The first-order valence-corrected chi connectivity index (χ1v) is 6.99. The van der Waals surface area contributed by atoms with E-state index in [2.05, 4.69) is 27.9 Å². The second kappa shape index (κ2) is 5.68. The smallest absolute Gasteiger partial charge is 0.247 e. The van der Waals surface area contributed by atoms with Crippen molar-refractivity contribution in [2.24, 2.45) is 0 Å². The lowest BCUT2D eigenvalue weighted by atomic mass is 10.2. The molecule has 1 heterocycles. The standard InChI is InChI=1S/C13H13IN2O3/c1-8(16-11(17)6-7-12(16)18)13(19)15-10-5-3-2-4-9(10)14/h2-5,8H,6-7H2,1H3,(H,15,19)/t8-/m0/s1. The minimum Gasteiger partial charge on any atom is -0.323 e. The molecule has 0 radical (unpaired) electrons. The van der Waals surface area contributed by atoms with Gasteiger partial charge >= 0.3 is 0 Å². The lowest BCUT2D eigenvalue weighted by molar-refractivity contribution is -0.144. The van der Waals surface area contributed by atoms with E-state index in [4.69, 9.17) is 0 Å². The van der Waals surface area contributed by atoms with Crippen molar-refractivity contribution in [1.29, 1.82) is 0 Å². The number of anilines is 1. The number of nitrogens with zero attached hydrogens (tertiary/aromatic N) is 1. The van der Waals surface area contributed by atoms with Crippen molar-refractivity contribution in [1.82, 2.24) is 4.90 Å². The molecule has 1 fully saturated rings. The number of nitrogens with one attached hydrogen (secondary N) is 1. The number of hydrogen-bond donors (Lipinski definition) is 1. The molecule has 6 heteroatoms. The molecule has 100 valence electrons. The molecule has 3 amide bonds. The molecule has 1 aromatic rings. The maximum absolute atomic E-state index is 12.1. The summed E-state index contributed by atoms with van der Waals surface area (Å²) < 4.78 is 0.903. The zero-order valence-corrected chi connectivity index (χ0v) is 12.5. The Labute approximate surface area is 124 Å². The summed E-state index contributed by atoms with van der Waals surface area (Å²) in [6.45, 7) is 1.56. The summed E-state index contributed by atoms with van der Waals surface area (Å²) in [5.74, 6) is -0.918. The topological polar surface area (TPSA) is 66.5 Å². The maximum Gasteiger partial charge on any atom is 0.247 e. The lowest BCUT2D eigenvalue weighted by Gasteiger charge is -2.21. The average molecular weight is 372 g/mol. The van der Waals surface area contributed by atoms with Gasteiger partial charge in [-0.3, -0.25) is 19.3 Å². The number of amides is 3. The van der Waals surface area contributed by atoms with Gasteiger partial charge in [-0.1, -0.05) is 12.1 Å². The first-order chi connectivity index (χ1) is 9.00. The van der Waals surface area contributed by atoms with E-state index < -0.39 is 6.04 Å². The fourth-order valence-electron chi connectivity index (χ4n) is 1.94. The molecule has 5 nitrogen and oxygen atoms in total. The molecule has 2 rings (SSSR count). The highest BCUT2D eigenvalue weighted by atomic mass is 127. The quantitative estimate of drug-likeness (QED) is 0.650. The molecule has 1 aromatic carbocycles. The van der Waals surface area contributed by atoms with Crippen LogP contribution < -0.4 is 5.32 Å². The molecule has 0 bridgehead atoms. The number of carbonyl (C=O) groups is 3. The van der Waals surface area contributed by atoms with Gasteiger partial charge in [0.2, 0.25) is 17.7 Å². The Kier molecular flexibility index (Phi) is 4.18. The SMILES string of the molecule is C[C@@H](C(=O)Nc1ccccc1I)N1C(=O)CCC1=O. The molecule has 0 aromatic heterocycles. The van der Waals surface area contributed by atoms with Crippen LogP contribution in [-0.2, 0) is 14.4 Å². The van der Waals surface area contributed by atoms with Crippen LogP contribution >= 0.6 is 22.6 Å². The first kappa shape index (κ1) is 14.0. The summed E-state index contributed by atoms with van der Waals surface area (Å²) in [5.41, 5.74) is 0.680. The molecule has 19 heavy (non-hydrogen) atoms. The molecular weight excluding hydrogens is 359 g/mol. The number of halogens is 1. The van der Waals surface area contributed by atoms with E-state index in [-0.39, 0.29) is 30.6 Å². The normalized spacial score (nSPS) is 16.6. The Morgan fingerprint density at radius 2 is 1.84 bits per heavy atom. The molecule has 1 saturated heterocycles. The van der Waals surface area contributed by atoms with Gasteiger partial charge in [0.1, 0.15) is 6.04 Å². The predicted molar refractivity (Wildman–Crippen MR) is 78.3 cm³/mol. The van der Waals surface area contributed by atoms with Crippen molar-refractivity contribution in [2.75, 3.05) is 5.32 Å². The minimum absolute atomic E-state index is 0.194. The van der Waals surface area contributed by atoms with Crippen molar-refractivity contribution < 1.29 is 14.4 Å². The van der Waals surface area contributed by atoms with E-state index in [1.54, 1.807) is 13.0 Å². The van der Waals surface area contributed by atoms with E-state index in [0.29, 0.717) is 5.69 Å². The lowest BCUT2D eigenvalue weighted by Crippen LogP contribution is -2.45. The fourth-order valence-corrected chi connectivity index (χ4v) is 2.47. The maximum atomic E-state index is 12.1. The number of para-hydroxylation sites is 1. The summed E-state index contributed by atoms with van der Waals surface area (Å²) in [6.07, 6.45) is 0.388. The third-order valence-electron chi connectivity index (χ3n) is 2.99. The van der Waals surface area contributed by atoms with Crippen LogP contribution in [0.2, 0.25) is 0 Å². The Balaban J connectivity index is 2.10. The third-order valence-corrected chi connectivity index (χ3v) is 3.93. The van der Waals surface area contributed by atoms with Crippen LogP contribution in [0, 0.1) is 3.57 Å². The number of carbonyl (C=O) groups excluding carboxylic acids is 3. The third kappa shape index (κ3) is 2.94. The number of rotatable bonds is 3. The molecule has 0 spiro atoms. The molecular formula is C13H13IN2O3. The number of imide groups is 1. The second-order valence-corrected chi connectivity index (χ2v) is 5.46. The monoisotopic (exact) mass is 372 g/mol. The molecule has 1 aliphatic heterocycles. The van der Waals surface area contributed by atoms with Gasteiger partial charge in [-0.25, -0.2) is 0 Å². The molecule has 1 aliphatic rings. The van der Waals surface area contributed by atoms with E-state index in [0.717, 1.165) is 8.47 Å². The van der Waals surface area contributed by atoms with Crippen LogP contribution in [0.5, 0.6) is 0 Å². The van der Waals surface area contributed by atoms with E-state index >= 15 is 0 Å². The van der Waals surface area contributed by atoms with Crippen molar-refractivity contribution in [2.45, 2.75) is 25.8 Å². The van der Waals surface area contributed by atoms with Gasteiger partial charge in [0.15, 0.2) is 0 Å². The Morgan fingerprint density at radius 3 is 2.42 bits per heavy atom. The zero-order chi connectivity index (χ0) is 14.0. The Bertz CT molecular complexity index is 528. The van der Waals surface area contributed by atoms with Crippen molar-refractivity contribution in [3.05, 3.63) is 27.8 Å². The highest BCUT2D eigenvalue weighted by Crippen LogP contribution is 2.20. The molecule has 1 atom stereocenters. The van der Waals surface area contributed by atoms with E-state index in [9.17, 15) is 14.4 Å². The highest BCUT2D eigenvalue weighted by Gasteiger charge is 2.36. The first-order valence-electron chi connectivity index (χ1n) is 5.91. The number of likely N-dealkylation sites (tertiary alicyclic amines) is 1. The second-order valence-electron chi connectivity index (χ2n) is 4.30. The Morgan fingerprint density at radius 1 is 1.26 bits per heavy atom. The predicted octanol–water partition coefficient (Wildman–Crippen LogP) is 1.77. The zero-order valence-electron chi connectivity index (χ0n) is 10.4. The molecule has 1 N–H and O–H groups in total. The van der Waals surface area contributed by atoms with Crippen LogP contribution in [-0.4, -0.2) is 28.7 Å². The fraction of sp³-hybridized carbons (Fsp3) is 0.308. The van der Waals surface area contributed by atoms with Gasteiger partial charge < -0.3 is 5.32 Å². The number of benzene rings is 1.